The molecule has 1 aromatic heterocycles. The van der Waals surface area contributed by atoms with Gasteiger partial charge < -0.3 is 15.8 Å². The summed E-state index contributed by atoms with van der Waals surface area (Å²) in [6, 6.07) is 13.6. The van der Waals surface area contributed by atoms with E-state index in [4.69, 9.17) is 10.5 Å². The molecule has 0 saturated carbocycles. The minimum atomic E-state index is 0.521. The number of ether oxygens (including phenoxy) is 1. The highest BCUT2D eigenvalue weighted by Gasteiger charge is 1.97. The third-order valence-electron chi connectivity index (χ3n) is 2.40. The lowest BCUT2D eigenvalue weighted by Gasteiger charge is -2.08. The molecule has 0 aliphatic rings. The van der Waals surface area contributed by atoms with Gasteiger partial charge >= 0.3 is 0 Å². The Hall–Kier alpha value is -2.07. The first-order valence-corrected chi connectivity index (χ1v) is 5.91. The molecule has 0 atom stereocenters. The van der Waals surface area contributed by atoms with Crippen molar-refractivity contribution in [2.45, 2.75) is 6.92 Å². The number of nitrogens with one attached hydrogen (secondary N) is 1. The largest absolute Gasteiger partial charge is 0.492 e. The number of anilines is 2. The second-order valence-electron chi connectivity index (χ2n) is 3.95. The molecule has 0 spiro atoms. The van der Waals surface area contributed by atoms with Gasteiger partial charge in [-0.05, 0) is 43.3 Å². The van der Waals surface area contributed by atoms with Crippen LogP contribution in [0.15, 0.2) is 42.5 Å². The first-order valence-electron chi connectivity index (χ1n) is 5.91. The average molecular weight is 243 g/mol. The normalized spacial score (nSPS) is 10.1. The van der Waals surface area contributed by atoms with E-state index in [1.165, 1.54) is 0 Å². The van der Waals surface area contributed by atoms with Gasteiger partial charge in [0.1, 0.15) is 18.2 Å². The highest BCUT2D eigenvalue weighted by Crippen LogP contribution is 2.18. The molecule has 0 aliphatic heterocycles. The smallest absolute Gasteiger partial charge is 0.130 e. The Morgan fingerprint density at radius 3 is 2.61 bits per heavy atom. The van der Waals surface area contributed by atoms with Gasteiger partial charge in [0.15, 0.2) is 0 Å². The zero-order chi connectivity index (χ0) is 12.8. The first-order chi connectivity index (χ1) is 8.78. The zero-order valence-corrected chi connectivity index (χ0v) is 10.4. The third kappa shape index (κ3) is 3.46. The number of hydrogen-bond donors (Lipinski definition) is 2. The minimum Gasteiger partial charge on any atom is -0.492 e. The molecule has 3 N–H and O–H groups in total. The van der Waals surface area contributed by atoms with Crippen molar-refractivity contribution >= 4 is 11.5 Å². The van der Waals surface area contributed by atoms with E-state index in [-0.39, 0.29) is 0 Å². The Bertz CT molecular complexity index is 497. The molecule has 4 heteroatoms. The van der Waals surface area contributed by atoms with Crippen molar-refractivity contribution in [2.24, 2.45) is 5.73 Å². The highest BCUT2D eigenvalue weighted by atomic mass is 16.5. The Morgan fingerprint density at radius 2 is 1.94 bits per heavy atom. The van der Waals surface area contributed by atoms with Gasteiger partial charge in [-0.15, -0.1) is 0 Å². The Labute approximate surface area is 107 Å². The lowest BCUT2D eigenvalue weighted by molar-refractivity contribution is 0.328. The molecule has 0 unspecified atom stereocenters. The Morgan fingerprint density at radius 1 is 1.17 bits per heavy atom. The van der Waals surface area contributed by atoms with Crippen LogP contribution >= 0.6 is 0 Å². The van der Waals surface area contributed by atoms with Crippen molar-refractivity contribution in [3.8, 4) is 5.75 Å². The van der Waals surface area contributed by atoms with Gasteiger partial charge in [-0.3, -0.25) is 0 Å². The number of hydrogen-bond acceptors (Lipinski definition) is 4. The van der Waals surface area contributed by atoms with Gasteiger partial charge in [-0.1, -0.05) is 6.07 Å². The van der Waals surface area contributed by atoms with Gasteiger partial charge in [0.2, 0.25) is 0 Å². The quantitative estimate of drug-likeness (QED) is 0.847. The summed E-state index contributed by atoms with van der Waals surface area (Å²) in [5.41, 5.74) is 7.35. The minimum absolute atomic E-state index is 0.521. The number of aryl methyl sites for hydroxylation is 1. The molecule has 18 heavy (non-hydrogen) atoms. The molecule has 94 valence electrons. The molecular weight excluding hydrogens is 226 g/mol. The van der Waals surface area contributed by atoms with Crippen LogP contribution in [0.4, 0.5) is 11.5 Å². The summed E-state index contributed by atoms with van der Waals surface area (Å²) in [7, 11) is 0. The van der Waals surface area contributed by atoms with Crippen LogP contribution in [-0.4, -0.2) is 18.1 Å². The van der Waals surface area contributed by atoms with Gasteiger partial charge in [0, 0.05) is 17.9 Å². The van der Waals surface area contributed by atoms with Gasteiger partial charge in [-0.25, -0.2) is 4.98 Å². The highest BCUT2D eigenvalue weighted by molar-refractivity contribution is 5.57. The second-order valence-corrected chi connectivity index (χ2v) is 3.95. The number of nitrogens with two attached hydrogens (primary N) is 1. The number of nitrogens with zero attached hydrogens (tertiary/aromatic N) is 1. The van der Waals surface area contributed by atoms with Gasteiger partial charge in [0.25, 0.3) is 0 Å². The van der Waals surface area contributed by atoms with E-state index in [0.717, 1.165) is 22.9 Å². The van der Waals surface area contributed by atoms with E-state index < -0.39 is 0 Å². The maximum atomic E-state index is 5.41. The van der Waals surface area contributed by atoms with Crippen molar-refractivity contribution in [2.75, 3.05) is 18.5 Å². The molecule has 0 saturated heterocycles. The van der Waals surface area contributed by atoms with Crippen LogP contribution < -0.4 is 15.8 Å². The van der Waals surface area contributed by atoms with Crippen molar-refractivity contribution in [3.63, 3.8) is 0 Å². The lowest BCUT2D eigenvalue weighted by atomic mass is 10.3. The van der Waals surface area contributed by atoms with E-state index in [2.05, 4.69) is 10.3 Å². The molecular formula is C14H17N3O. The third-order valence-corrected chi connectivity index (χ3v) is 2.40. The summed E-state index contributed by atoms with van der Waals surface area (Å²) in [5.74, 6) is 1.66. The summed E-state index contributed by atoms with van der Waals surface area (Å²) in [6.45, 7) is 3.02. The SMILES string of the molecule is Cc1cccc(Nc2ccc(OCCN)cc2)n1. The van der Waals surface area contributed by atoms with Crippen molar-refractivity contribution in [3.05, 3.63) is 48.2 Å². The molecule has 2 aromatic rings. The van der Waals surface area contributed by atoms with Crippen LogP contribution in [0.25, 0.3) is 0 Å². The van der Waals surface area contributed by atoms with Crippen molar-refractivity contribution in [1.82, 2.24) is 4.98 Å². The molecule has 0 aliphatic carbocycles. The lowest BCUT2D eigenvalue weighted by Crippen LogP contribution is -2.10. The van der Waals surface area contributed by atoms with E-state index >= 15 is 0 Å². The summed E-state index contributed by atoms with van der Waals surface area (Å²) in [4.78, 5) is 4.38. The van der Waals surface area contributed by atoms with E-state index in [9.17, 15) is 0 Å². The summed E-state index contributed by atoms with van der Waals surface area (Å²) in [6.07, 6.45) is 0. The van der Waals surface area contributed by atoms with Crippen LogP contribution in [0.5, 0.6) is 5.75 Å². The fraction of sp³-hybridized carbons (Fsp3) is 0.214. The predicted molar refractivity (Wildman–Crippen MR) is 73.2 cm³/mol. The first kappa shape index (κ1) is 12.4. The number of rotatable bonds is 5. The van der Waals surface area contributed by atoms with Crippen LogP contribution in [0.3, 0.4) is 0 Å². The van der Waals surface area contributed by atoms with Gasteiger partial charge in [0.05, 0.1) is 0 Å². The molecule has 0 radical (unpaired) electrons. The van der Waals surface area contributed by atoms with E-state index in [1.807, 2.05) is 49.4 Å². The number of pyridine rings is 1. The summed E-state index contributed by atoms with van der Waals surface area (Å²) in [5, 5.41) is 3.24. The molecule has 2 rings (SSSR count). The standard InChI is InChI=1S/C14H17N3O/c1-11-3-2-4-14(16-11)17-12-5-7-13(8-6-12)18-10-9-15/h2-8H,9-10,15H2,1H3,(H,16,17). The average Bonchev–Trinajstić information content (AvgIpc) is 2.38. The summed E-state index contributed by atoms with van der Waals surface area (Å²) < 4.78 is 5.41. The van der Waals surface area contributed by atoms with Gasteiger partial charge in [-0.2, -0.15) is 0 Å². The van der Waals surface area contributed by atoms with E-state index in [1.54, 1.807) is 0 Å². The molecule has 4 nitrogen and oxygen atoms in total. The Balaban J connectivity index is 2.02. The molecule has 0 fully saturated rings. The molecule has 1 heterocycles. The Kier molecular flexibility index (Phi) is 4.15. The van der Waals surface area contributed by atoms with Crippen LogP contribution in [-0.2, 0) is 0 Å². The number of aromatic nitrogens is 1. The number of benzene rings is 1. The zero-order valence-electron chi connectivity index (χ0n) is 10.4. The van der Waals surface area contributed by atoms with Crippen LogP contribution in [0, 0.1) is 6.92 Å². The fourth-order valence-electron chi connectivity index (χ4n) is 1.57. The van der Waals surface area contributed by atoms with Crippen molar-refractivity contribution in [1.29, 1.82) is 0 Å². The molecule has 0 bridgehead atoms. The second kappa shape index (κ2) is 6.02. The summed E-state index contributed by atoms with van der Waals surface area (Å²) >= 11 is 0. The fourth-order valence-corrected chi connectivity index (χ4v) is 1.57. The molecule has 1 aromatic carbocycles. The predicted octanol–water partition coefficient (Wildman–Crippen LogP) is 2.47. The van der Waals surface area contributed by atoms with Crippen molar-refractivity contribution < 1.29 is 4.74 Å². The molecule has 0 amide bonds. The monoisotopic (exact) mass is 243 g/mol. The topological polar surface area (TPSA) is 60.2 Å². The van der Waals surface area contributed by atoms with Crippen LogP contribution in [0.1, 0.15) is 5.69 Å². The maximum absolute atomic E-state index is 5.41. The maximum Gasteiger partial charge on any atom is 0.130 e. The van der Waals surface area contributed by atoms with Crippen LogP contribution in [0.2, 0.25) is 0 Å². The van der Waals surface area contributed by atoms with E-state index in [0.29, 0.717) is 13.2 Å².